The maximum atomic E-state index is 12.0. The molecule has 0 spiro atoms. The minimum Gasteiger partial charge on any atom is -0.468 e. The third-order valence-corrected chi connectivity index (χ3v) is 3.66. The van der Waals surface area contributed by atoms with Gasteiger partial charge in [0.1, 0.15) is 6.54 Å². The van der Waals surface area contributed by atoms with E-state index in [-0.39, 0.29) is 24.3 Å². The monoisotopic (exact) mass is 281 g/mol. The fourth-order valence-electron chi connectivity index (χ4n) is 2.29. The maximum Gasteiger partial charge on any atom is 0.325 e. The van der Waals surface area contributed by atoms with Crippen molar-refractivity contribution in [3.05, 3.63) is 34.9 Å². The molecule has 1 heterocycles. The van der Waals surface area contributed by atoms with E-state index in [0.29, 0.717) is 18.0 Å². The van der Waals surface area contributed by atoms with Crippen molar-refractivity contribution in [2.75, 3.05) is 20.2 Å². The van der Waals surface area contributed by atoms with Crippen LogP contribution in [0.4, 0.5) is 0 Å². The predicted octanol–water partition coefficient (Wildman–Crippen LogP) is 2.22. The number of methoxy groups -OCH3 is 1. The highest BCUT2D eigenvalue weighted by molar-refractivity contribution is 6.30. The number of ether oxygens (including phenoxy) is 1. The fourth-order valence-corrected chi connectivity index (χ4v) is 2.41. The molecule has 1 aromatic carbocycles. The fraction of sp³-hybridized carbons (Fsp3) is 0.429. The van der Waals surface area contributed by atoms with E-state index in [1.54, 1.807) is 4.90 Å². The first-order chi connectivity index (χ1) is 9.10. The largest absolute Gasteiger partial charge is 0.468 e. The SMILES string of the molecule is COC(=O)CN1CC[C@@H](c2ccc(Cl)cc2)CC1=O. The number of hydrogen-bond donors (Lipinski definition) is 0. The van der Waals surface area contributed by atoms with Crippen molar-refractivity contribution in [2.45, 2.75) is 18.8 Å². The highest BCUT2D eigenvalue weighted by Crippen LogP contribution is 2.29. The molecule has 1 aliphatic rings. The van der Waals surface area contributed by atoms with Crippen LogP contribution in [0.5, 0.6) is 0 Å². The van der Waals surface area contributed by atoms with Crippen LogP contribution in [0.25, 0.3) is 0 Å². The van der Waals surface area contributed by atoms with E-state index in [1.165, 1.54) is 7.11 Å². The van der Waals surface area contributed by atoms with E-state index >= 15 is 0 Å². The van der Waals surface area contributed by atoms with Crippen molar-refractivity contribution in [2.24, 2.45) is 0 Å². The Hall–Kier alpha value is -1.55. The van der Waals surface area contributed by atoms with Crippen LogP contribution >= 0.6 is 11.6 Å². The van der Waals surface area contributed by atoms with Crippen LogP contribution in [0.2, 0.25) is 5.02 Å². The summed E-state index contributed by atoms with van der Waals surface area (Å²) in [7, 11) is 1.33. The number of nitrogens with zero attached hydrogens (tertiary/aromatic N) is 1. The van der Waals surface area contributed by atoms with Crippen molar-refractivity contribution in [1.82, 2.24) is 4.90 Å². The molecule has 2 rings (SSSR count). The minimum atomic E-state index is -0.377. The third-order valence-electron chi connectivity index (χ3n) is 3.41. The van der Waals surface area contributed by atoms with Crippen LogP contribution < -0.4 is 0 Å². The summed E-state index contributed by atoms with van der Waals surface area (Å²) in [5.74, 6) is -0.173. The molecule has 1 saturated heterocycles. The van der Waals surface area contributed by atoms with Gasteiger partial charge in [-0.3, -0.25) is 9.59 Å². The normalized spacial score (nSPS) is 19.4. The molecule has 5 heteroatoms. The molecule has 0 saturated carbocycles. The quantitative estimate of drug-likeness (QED) is 0.798. The van der Waals surface area contributed by atoms with Gasteiger partial charge in [0.25, 0.3) is 0 Å². The van der Waals surface area contributed by atoms with E-state index in [1.807, 2.05) is 24.3 Å². The number of carbonyl (C=O) groups is 2. The summed E-state index contributed by atoms with van der Waals surface area (Å²) < 4.78 is 4.58. The van der Waals surface area contributed by atoms with Gasteiger partial charge in [0.15, 0.2) is 0 Å². The Bertz CT molecular complexity index is 472. The van der Waals surface area contributed by atoms with E-state index in [2.05, 4.69) is 4.74 Å². The summed E-state index contributed by atoms with van der Waals surface area (Å²) >= 11 is 5.85. The Kier molecular flexibility index (Phi) is 4.43. The first-order valence-electron chi connectivity index (χ1n) is 6.20. The van der Waals surface area contributed by atoms with Gasteiger partial charge in [-0.2, -0.15) is 0 Å². The van der Waals surface area contributed by atoms with Crippen molar-refractivity contribution < 1.29 is 14.3 Å². The first kappa shape index (κ1) is 13.9. The lowest BCUT2D eigenvalue weighted by Gasteiger charge is -2.31. The lowest BCUT2D eigenvalue weighted by molar-refractivity contribution is -0.148. The van der Waals surface area contributed by atoms with Crippen LogP contribution in [-0.4, -0.2) is 37.0 Å². The molecule has 102 valence electrons. The molecule has 0 aromatic heterocycles. The Balaban J connectivity index is 1.98. The molecule has 19 heavy (non-hydrogen) atoms. The maximum absolute atomic E-state index is 12.0. The summed E-state index contributed by atoms with van der Waals surface area (Å²) in [6.45, 7) is 0.629. The van der Waals surface area contributed by atoms with E-state index in [4.69, 9.17) is 11.6 Å². The topological polar surface area (TPSA) is 46.6 Å². The number of amides is 1. The number of carbonyl (C=O) groups excluding carboxylic acids is 2. The van der Waals surface area contributed by atoms with Gasteiger partial charge in [-0.15, -0.1) is 0 Å². The molecule has 0 aliphatic carbocycles. The highest BCUT2D eigenvalue weighted by Gasteiger charge is 2.28. The van der Waals surface area contributed by atoms with E-state index in [9.17, 15) is 9.59 Å². The van der Waals surface area contributed by atoms with Crippen molar-refractivity contribution >= 4 is 23.5 Å². The second-order valence-corrected chi connectivity index (χ2v) is 5.07. The molecule has 0 unspecified atom stereocenters. The van der Waals surface area contributed by atoms with Crippen LogP contribution in [0.3, 0.4) is 0 Å². The molecule has 1 amide bonds. The van der Waals surface area contributed by atoms with E-state index < -0.39 is 0 Å². The standard InChI is InChI=1S/C14H16ClNO3/c1-19-14(18)9-16-7-6-11(8-13(16)17)10-2-4-12(15)5-3-10/h2-5,11H,6-9H2,1H3/t11-/m1/s1. The first-order valence-corrected chi connectivity index (χ1v) is 6.58. The number of hydrogen-bond acceptors (Lipinski definition) is 3. The zero-order valence-electron chi connectivity index (χ0n) is 10.8. The molecule has 1 aliphatic heterocycles. The smallest absolute Gasteiger partial charge is 0.325 e. The predicted molar refractivity (Wildman–Crippen MR) is 72.0 cm³/mol. The van der Waals surface area contributed by atoms with Crippen LogP contribution in [0.1, 0.15) is 24.3 Å². The van der Waals surface area contributed by atoms with Gasteiger partial charge in [0, 0.05) is 18.0 Å². The molecule has 0 bridgehead atoms. The summed E-state index contributed by atoms with van der Waals surface area (Å²) in [6, 6.07) is 7.58. The molecular formula is C14H16ClNO3. The number of piperidine rings is 1. The van der Waals surface area contributed by atoms with Gasteiger partial charge >= 0.3 is 5.97 Å². The average molecular weight is 282 g/mol. The molecule has 1 atom stereocenters. The number of benzene rings is 1. The lowest BCUT2D eigenvalue weighted by Crippen LogP contribution is -2.41. The molecule has 4 nitrogen and oxygen atoms in total. The van der Waals surface area contributed by atoms with Crippen LogP contribution in [0, 0.1) is 0 Å². The van der Waals surface area contributed by atoms with Gasteiger partial charge < -0.3 is 9.64 Å². The van der Waals surface area contributed by atoms with Gasteiger partial charge in [-0.05, 0) is 30.0 Å². The zero-order chi connectivity index (χ0) is 13.8. The Morgan fingerprint density at radius 3 is 2.68 bits per heavy atom. The second-order valence-electron chi connectivity index (χ2n) is 4.63. The summed E-state index contributed by atoms with van der Waals surface area (Å²) in [5, 5.41) is 0.693. The van der Waals surface area contributed by atoms with Gasteiger partial charge in [-0.25, -0.2) is 0 Å². The highest BCUT2D eigenvalue weighted by atomic mass is 35.5. The minimum absolute atomic E-state index is 0.00315. The van der Waals surface area contributed by atoms with Crippen molar-refractivity contribution in [3.8, 4) is 0 Å². The van der Waals surface area contributed by atoms with Crippen molar-refractivity contribution in [3.63, 3.8) is 0 Å². The Morgan fingerprint density at radius 2 is 2.11 bits per heavy atom. The summed E-state index contributed by atoms with van der Waals surface area (Å²) in [5.41, 5.74) is 1.12. The summed E-state index contributed by atoms with van der Waals surface area (Å²) in [6.07, 6.45) is 1.28. The summed E-state index contributed by atoms with van der Waals surface area (Å²) in [4.78, 5) is 24.7. The third kappa shape index (κ3) is 3.47. The lowest BCUT2D eigenvalue weighted by atomic mass is 9.89. The van der Waals surface area contributed by atoms with Gasteiger partial charge in [0.2, 0.25) is 5.91 Å². The Labute approximate surface area is 117 Å². The second kappa shape index (κ2) is 6.06. The molecule has 0 N–H and O–H groups in total. The Morgan fingerprint density at radius 1 is 1.42 bits per heavy atom. The molecule has 1 fully saturated rings. The number of likely N-dealkylation sites (tertiary alicyclic amines) is 1. The number of rotatable bonds is 3. The van der Waals surface area contributed by atoms with Crippen LogP contribution in [0.15, 0.2) is 24.3 Å². The van der Waals surface area contributed by atoms with Crippen LogP contribution in [-0.2, 0) is 14.3 Å². The number of esters is 1. The molecule has 0 radical (unpaired) electrons. The number of halogens is 1. The van der Waals surface area contributed by atoms with Crippen molar-refractivity contribution in [1.29, 1.82) is 0 Å². The van der Waals surface area contributed by atoms with E-state index in [0.717, 1.165) is 12.0 Å². The van der Waals surface area contributed by atoms with Gasteiger partial charge in [-0.1, -0.05) is 23.7 Å². The molecule has 1 aromatic rings. The average Bonchev–Trinajstić information content (AvgIpc) is 2.41. The zero-order valence-corrected chi connectivity index (χ0v) is 11.5. The van der Waals surface area contributed by atoms with Gasteiger partial charge in [0.05, 0.1) is 7.11 Å². The molecular weight excluding hydrogens is 266 g/mol.